The van der Waals surface area contributed by atoms with Crippen molar-refractivity contribution in [2.24, 2.45) is 5.41 Å². The Balaban J connectivity index is 2.04. The number of rotatable bonds is 8. The molecule has 3 heteroatoms. The molecular weight excluding hydrogens is 286 g/mol. The molecule has 2 N–H and O–H groups in total. The van der Waals surface area contributed by atoms with Crippen molar-refractivity contribution in [3.05, 3.63) is 65.7 Å². The molecule has 0 saturated carbocycles. The van der Waals surface area contributed by atoms with Crippen molar-refractivity contribution in [3.8, 4) is 5.75 Å². The van der Waals surface area contributed by atoms with E-state index < -0.39 is 0 Å². The summed E-state index contributed by atoms with van der Waals surface area (Å²) in [5.41, 5.74) is 2.27. The topological polar surface area (TPSA) is 41.5 Å². The van der Waals surface area contributed by atoms with Gasteiger partial charge in [0.25, 0.3) is 0 Å². The standard InChI is InChI=1S/C20H27NO2/c1-20(2,15-22)19(17-9-5-4-6-10-17)14-21-13-16-8-7-11-18(12-16)23-3/h4-12,19,21-22H,13-15H2,1-3H3. The van der Waals surface area contributed by atoms with E-state index in [1.54, 1.807) is 7.11 Å². The summed E-state index contributed by atoms with van der Waals surface area (Å²) < 4.78 is 5.26. The minimum absolute atomic E-state index is 0.160. The average molecular weight is 313 g/mol. The number of ether oxygens (including phenoxy) is 1. The second-order valence-corrected chi connectivity index (χ2v) is 6.59. The van der Waals surface area contributed by atoms with Gasteiger partial charge in [-0.25, -0.2) is 0 Å². The van der Waals surface area contributed by atoms with Crippen LogP contribution in [0.25, 0.3) is 0 Å². The predicted molar refractivity (Wildman–Crippen MR) is 94.8 cm³/mol. The fraction of sp³-hybridized carbons (Fsp3) is 0.400. The number of hydrogen-bond donors (Lipinski definition) is 2. The number of nitrogens with one attached hydrogen (secondary N) is 1. The summed E-state index contributed by atoms with van der Waals surface area (Å²) in [4.78, 5) is 0. The van der Waals surface area contributed by atoms with E-state index >= 15 is 0 Å². The van der Waals surface area contributed by atoms with E-state index in [1.165, 1.54) is 11.1 Å². The van der Waals surface area contributed by atoms with Crippen LogP contribution in [-0.4, -0.2) is 25.4 Å². The predicted octanol–water partition coefficient (Wildman–Crippen LogP) is 3.59. The lowest BCUT2D eigenvalue weighted by molar-refractivity contribution is 0.129. The van der Waals surface area contributed by atoms with E-state index in [-0.39, 0.29) is 17.9 Å². The molecule has 0 heterocycles. The van der Waals surface area contributed by atoms with Gasteiger partial charge < -0.3 is 15.2 Å². The molecule has 0 bridgehead atoms. The van der Waals surface area contributed by atoms with Gasteiger partial charge in [-0.05, 0) is 28.7 Å². The maximum atomic E-state index is 9.77. The Bertz CT molecular complexity index is 596. The van der Waals surface area contributed by atoms with Gasteiger partial charge in [0.05, 0.1) is 7.11 Å². The van der Waals surface area contributed by atoms with Gasteiger partial charge in [0.2, 0.25) is 0 Å². The Morgan fingerprint density at radius 1 is 1.09 bits per heavy atom. The van der Waals surface area contributed by atoms with Crippen LogP contribution in [0, 0.1) is 5.41 Å². The van der Waals surface area contributed by atoms with Crippen LogP contribution in [0.2, 0.25) is 0 Å². The van der Waals surface area contributed by atoms with Crippen LogP contribution in [0.15, 0.2) is 54.6 Å². The highest BCUT2D eigenvalue weighted by molar-refractivity contribution is 5.28. The fourth-order valence-corrected chi connectivity index (χ4v) is 2.78. The van der Waals surface area contributed by atoms with Crippen LogP contribution in [0.4, 0.5) is 0 Å². The second kappa shape index (κ2) is 8.14. The summed E-state index contributed by atoms with van der Waals surface area (Å²) in [6, 6.07) is 18.5. The molecule has 0 aromatic heterocycles. The summed E-state index contributed by atoms with van der Waals surface area (Å²) in [7, 11) is 1.68. The lowest BCUT2D eigenvalue weighted by Gasteiger charge is -2.33. The van der Waals surface area contributed by atoms with E-state index in [1.807, 2.05) is 24.3 Å². The fourth-order valence-electron chi connectivity index (χ4n) is 2.78. The van der Waals surface area contributed by atoms with E-state index in [9.17, 15) is 5.11 Å². The number of benzene rings is 2. The lowest BCUT2D eigenvalue weighted by Crippen LogP contribution is -2.34. The summed E-state index contributed by atoms with van der Waals surface area (Å²) in [6.45, 7) is 5.97. The summed E-state index contributed by atoms with van der Waals surface area (Å²) in [5.74, 6) is 1.12. The highest BCUT2D eigenvalue weighted by Crippen LogP contribution is 2.34. The van der Waals surface area contributed by atoms with Gasteiger partial charge in [-0.3, -0.25) is 0 Å². The highest BCUT2D eigenvalue weighted by Gasteiger charge is 2.29. The normalized spacial score (nSPS) is 12.9. The molecule has 0 aliphatic rings. The molecule has 0 aliphatic carbocycles. The van der Waals surface area contributed by atoms with Gasteiger partial charge in [-0.1, -0.05) is 56.3 Å². The molecule has 0 amide bonds. The third-order valence-electron chi connectivity index (χ3n) is 4.36. The maximum absolute atomic E-state index is 9.77. The molecule has 0 aliphatic heterocycles. The third kappa shape index (κ3) is 4.81. The molecule has 1 unspecified atom stereocenters. The second-order valence-electron chi connectivity index (χ2n) is 6.59. The largest absolute Gasteiger partial charge is 0.497 e. The summed E-state index contributed by atoms with van der Waals surface area (Å²) >= 11 is 0. The number of aliphatic hydroxyl groups excluding tert-OH is 1. The van der Waals surface area contributed by atoms with E-state index in [2.05, 4.69) is 49.5 Å². The lowest BCUT2D eigenvalue weighted by atomic mass is 9.75. The zero-order valence-corrected chi connectivity index (χ0v) is 14.3. The van der Waals surface area contributed by atoms with Crippen LogP contribution in [0.3, 0.4) is 0 Å². The van der Waals surface area contributed by atoms with Crippen molar-refractivity contribution >= 4 is 0 Å². The average Bonchev–Trinajstić information content (AvgIpc) is 2.59. The summed E-state index contributed by atoms with van der Waals surface area (Å²) in [6.07, 6.45) is 0. The molecule has 23 heavy (non-hydrogen) atoms. The van der Waals surface area contributed by atoms with Crippen molar-refractivity contribution in [1.29, 1.82) is 0 Å². The zero-order valence-electron chi connectivity index (χ0n) is 14.3. The van der Waals surface area contributed by atoms with Crippen LogP contribution >= 0.6 is 0 Å². The Hall–Kier alpha value is -1.84. The van der Waals surface area contributed by atoms with Gasteiger partial charge in [0.1, 0.15) is 5.75 Å². The van der Waals surface area contributed by atoms with Crippen LogP contribution in [0.5, 0.6) is 5.75 Å². The zero-order chi connectivity index (χ0) is 16.7. The van der Waals surface area contributed by atoms with Crippen molar-refractivity contribution in [3.63, 3.8) is 0 Å². The molecular formula is C20H27NO2. The smallest absolute Gasteiger partial charge is 0.119 e. The molecule has 0 radical (unpaired) electrons. The molecule has 2 aromatic carbocycles. The highest BCUT2D eigenvalue weighted by atomic mass is 16.5. The summed E-state index contributed by atoms with van der Waals surface area (Å²) in [5, 5.41) is 13.3. The van der Waals surface area contributed by atoms with E-state index in [0.717, 1.165) is 18.8 Å². The first kappa shape index (κ1) is 17.5. The third-order valence-corrected chi connectivity index (χ3v) is 4.36. The van der Waals surface area contributed by atoms with Crippen molar-refractivity contribution in [2.75, 3.05) is 20.3 Å². The van der Waals surface area contributed by atoms with Gasteiger partial charge >= 0.3 is 0 Å². The van der Waals surface area contributed by atoms with Gasteiger partial charge in [0, 0.05) is 25.6 Å². The molecule has 3 nitrogen and oxygen atoms in total. The molecule has 0 spiro atoms. The van der Waals surface area contributed by atoms with Crippen molar-refractivity contribution in [2.45, 2.75) is 26.3 Å². The maximum Gasteiger partial charge on any atom is 0.119 e. The Morgan fingerprint density at radius 2 is 1.83 bits per heavy atom. The van der Waals surface area contributed by atoms with Crippen LogP contribution < -0.4 is 10.1 Å². The van der Waals surface area contributed by atoms with E-state index in [0.29, 0.717) is 0 Å². The first-order valence-corrected chi connectivity index (χ1v) is 8.06. The first-order valence-electron chi connectivity index (χ1n) is 8.06. The van der Waals surface area contributed by atoms with E-state index in [4.69, 9.17) is 4.74 Å². The van der Waals surface area contributed by atoms with Crippen molar-refractivity contribution < 1.29 is 9.84 Å². The molecule has 2 rings (SSSR count). The van der Waals surface area contributed by atoms with Crippen LogP contribution in [0.1, 0.15) is 30.9 Å². The van der Waals surface area contributed by atoms with Gasteiger partial charge in [-0.2, -0.15) is 0 Å². The van der Waals surface area contributed by atoms with Crippen molar-refractivity contribution in [1.82, 2.24) is 5.32 Å². The Kier molecular flexibility index (Phi) is 6.20. The van der Waals surface area contributed by atoms with Crippen LogP contribution in [-0.2, 0) is 6.54 Å². The quantitative estimate of drug-likeness (QED) is 0.782. The molecule has 0 saturated heterocycles. The monoisotopic (exact) mass is 313 g/mol. The Morgan fingerprint density at radius 3 is 2.48 bits per heavy atom. The number of hydrogen-bond acceptors (Lipinski definition) is 3. The molecule has 1 atom stereocenters. The SMILES string of the molecule is COc1cccc(CNCC(c2ccccc2)C(C)(C)CO)c1. The minimum atomic E-state index is -0.178. The number of methoxy groups -OCH3 is 1. The van der Waals surface area contributed by atoms with Gasteiger partial charge in [-0.15, -0.1) is 0 Å². The molecule has 0 fully saturated rings. The first-order chi connectivity index (χ1) is 11.1. The Labute approximate surface area is 139 Å². The molecule has 2 aromatic rings. The number of aliphatic hydroxyl groups is 1. The molecule has 124 valence electrons. The minimum Gasteiger partial charge on any atom is -0.497 e. The van der Waals surface area contributed by atoms with Gasteiger partial charge in [0.15, 0.2) is 0 Å².